The molecule has 0 unspecified atom stereocenters. The maximum absolute atomic E-state index is 12.9. The van der Waals surface area contributed by atoms with Gasteiger partial charge in [-0.25, -0.2) is 0 Å². The molecule has 0 heterocycles. The van der Waals surface area contributed by atoms with E-state index < -0.39 is 17.2 Å². The van der Waals surface area contributed by atoms with Crippen LogP contribution in [0, 0.1) is 0 Å². The van der Waals surface area contributed by atoms with Crippen molar-refractivity contribution in [3.05, 3.63) is 63.7 Å². The third kappa shape index (κ3) is 1.88. The Morgan fingerprint density at radius 1 is 0.875 bits per heavy atom. The molecule has 2 aliphatic carbocycles. The van der Waals surface area contributed by atoms with Crippen LogP contribution >= 0.6 is 0 Å². The van der Waals surface area contributed by atoms with Crippen LogP contribution in [0.15, 0.2) is 30.3 Å². The molecule has 2 aliphatic rings. The third-order valence-corrected chi connectivity index (χ3v) is 4.67. The fourth-order valence-electron chi connectivity index (χ4n) is 3.68. The van der Waals surface area contributed by atoms with Crippen molar-refractivity contribution in [3.8, 4) is 5.75 Å². The lowest BCUT2D eigenvalue weighted by molar-refractivity contribution is 0.0409. The van der Waals surface area contributed by atoms with E-state index in [4.69, 9.17) is 0 Å². The Morgan fingerprint density at radius 2 is 1.54 bits per heavy atom. The minimum Gasteiger partial charge on any atom is -0.507 e. The Morgan fingerprint density at radius 3 is 2.29 bits per heavy atom. The number of benzene rings is 2. The lowest BCUT2D eigenvalue weighted by atomic mass is 9.73. The van der Waals surface area contributed by atoms with Gasteiger partial charge >= 0.3 is 0 Å². The Balaban J connectivity index is 2.02. The summed E-state index contributed by atoms with van der Waals surface area (Å²) in [6.45, 7) is 1.58. The van der Waals surface area contributed by atoms with Crippen molar-refractivity contribution >= 4 is 17.3 Å². The fourth-order valence-corrected chi connectivity index (χ4v) is 3.68. The second-order valence-electron chi connectivity index (χ2n) is 6.65. The predicted octanol–water partition coefficient (Wildman–Crippen LogP) is 2.05. The van der Waals surface area contributed by atoms with Crippen molar-refractivity contribution in [2.24, 2.45) is 0 Å². The van der Waals surface area contributed by atoms with Gasteiger partial charge in [0.25, 0.3) is 0 Å². The van der Waals surface area contributed by atoms with Crippen LogP contribution in [0.2, 0.25) is 0 Å². The van der Waals surface area contributed by atoms with E-state index in [1.165, 1.54) is 24.3 Å². The second-order valence-corrected chi connectivity index (χ2v) is 6.65. The lowest BCUT2D eigenvalue weighted by Crippen LogP contribution is -2.37. The van der Waals surface area contributed by atoms with Gasteiger partial charge in [0.2, 0.25) is 0 Å². The summed E-state index contributed by atoms with van der Waals surface area (Å²) >= 11 is 0. The van der Waals surface area contributed by atoms with Crippen LogP contribution in [0.4, 0.5) is 0 Å². The number of phenols is 1. The highest BCUT2D eigenvalue weighted by atomic mass is 16.3. The van der Waals surface area contributed by atoms with E-state index in [0.717, 1.165) is 0 Å². The van der Waals surface area contributed by atoms with Crippen LogP contribution in [0.3, 0.4) is 0 Å². The fraction of sp³-hybridized carbons (Fsp3) is 0.211. The molecule has 0 amide bonds. The molecular formula is C19H14O5. The van der Waals surface area contributed by atoms with Crippen LogP contribution in [-0.4, -0.2) is 33.2 Å². The molecule has 2 aromatic carbocycles. The van der Waals surface area contributed by atoms with Gasteiger partial charge in [0, 0.05) is 35.1 Å². The minimum atomic E-state index is -1.16. The first-order chi connectivity index (χ1) is 11.3. The first kappa shape index (κ1) is 14.8. The van der Waals surface area contributed by atoms with Crippen molar-refractivity contribution in [2.75, 3.05) is 0 Å². The predicted molar refractivity (Wildman–Crippen MR) is 84.7 cm³/mol. The largest absolute Gasteiger partial charge is 0.507 e. The number of ketones is 3. The van der Waals surface area contributed by atoms with Gasteiger partial charge in [0.15, 0.2) is 17.3 Å². The van der Waals surface area contributed by atoms with Crippen LogP contribution in [-0.2, 0) is 6.42 Å². The van der Waals surface area contributed by atoms with Crippen molar-refractivity contribution in [1.82, 2.24) is 0 Å². The van der Waals surface area contributed by atoms with Gasteiger partial charge in [0.05, 0.1) is 11.2 Å². The molecule has 2 N–H and O–H groups in total. The zero-order chi connectivity index (χ0) is 17.2. The topological polar surface area (TPSA) is 91.7 Å². The molecule has 0 saturated carbocycles. The number of aromatic hydroxyl groups is 1. The molecule has 0 aromatic heterocycles. The summed E-state index contributed by atoms with van der Waals surface area (Å²) in [4.78, 5) is 38.2. The van der Waals surface area contributed by atoms with E-state index in [9.17, 15) is 24.6 Å². The molecule has 0 aliphatic heterocycles. The molecule has 4 rings (SSSR count). The monoisotopic (exact) mass is 322 g/mol. The molecule has 0 fully saturated rings. The Bertz CT molecular complexity index is 952. The Hall–Kier alpha value is -2.79. The number of hydrogen-bond acceptors (Lipinski definition) is 5. The second kappa shape index (κ2) is 4.61. The molecular weight excluding hydrogens is 308 g/mol. The van der Waals surface area contributed by atoms with Gasteiger partial charge < -0.3 is 10.2 Å². The van der Waals surface area contributed by atoms with Crippen LogP contribution in [0.1, 0.15) is 61.1 Å². The molecule has 24 heavy (non-hydrogen) atoms. The summed E-state index contributed by atoms with van der Waals surface area (Å²) in [5, 5.41) is 20.2. The molecule has 0 bridgehead atoms. The number of hydrogen-bond donors (Lipinski definition) is 2. The first-order valence-corrected chi connectivity index (χ1v) is 7.63. The van der Waals surface area contributed by atoms with Crippen molar-refractivity contribution in [3.63, 3.8) is 0 Å². The van der Waals surface area contributed by atoms with Gasteiger partial charge in [-0.2, -0.15) is 0 Å². The van der Waals surface area contributed by atoms with Gasteiger partial charge in [-0.3, -0.25) is 14.4 Å². The summed E-state index contributed by atoms with van der Waals surface area (Å²) < 4.78 is 0. The minimum absolute atomic E-state index is 0.0230. The normalized spacial score (nSPS) is 22.0. The standard InChI is InChI=1S/C19H14O5/c1-19(24)7-9-5-6-11-16(14(9)13(21)8-19)18(23)10-3-2-4-12(20)15(10)17(11)22/h2-6,20,24H,7-8H2,1H3/t19-/m0/s1. The van der Waals surface area contributed by atoms with Gasteiger partial charge in [-0.15, -0.1) is 0 Å². The highest BCUT2D eigenvalue weighted by molar-refractivity contribution is 6.32. The van der Waals surface area contributed by atoms with E-state index in [1.54, 1.807) is 13.0 Å². The van der Waals surface area contributed by atoms with Crippen molar-refractivity contribution in [1.29, 1.82) is 0 Å². The number of rotatable bonds is 0. The number of Topliss-reactive ketones (excluding diaryl/α,β-unsaturated/α-hetero) is 1. The van der Waals surface area contributed by atoms with Crippen LogP contribution < -0.4 is 0 Å². The van der Waals surface area contributed by atoms with Gasteiger partial charge in [0.1, 0.15) is 5.75 Å². The first-order valence-electron chi connectivity index (χ1n) is 7.63. The van der Waals surface area contributed by atoms with Crippen molar-refractivity contribution < 1.29 is 24.6 Å². The van der Waals surface area contributed by atoms with Crippen LogP contribution in [0.25, 0.3) is 0 Å². The Labute approximate surface area is 137 Å². The smallest absolute Gasteiger partial charge is 0.198 e. The third-order valence-electron chi connectivity index (χ3n) is 4.67. The highest BCUT2D eigenvalue weighted by Gasteiger charge is 2.40. The van der Waals surface area contributed by atoms with Gasteiger partial charge in [-0.1, -0.05) is 18.2 Å². The number of carbonyl (C=O) groups excluding carboxylic acids is 3. The summed E-state index contributed by atoms with van der Waals surface area (Å²) in [7, 11) is 0. The highest BCUT2D eigenvalue weighted by Crippen LogP contribution is 2.38. The zero-order valence-electron chi connectivity index (χ0n) is 12.9. The Kier molecular flexibility index (Phi) is 2.84. The summed E-state index contributed by atoms with van der Waals surface area (Å²) in [5.41, 5.74) is -0.0583. The molecule has 0 saturated heterocycles. The van der Waals surface area contributed by atoms with E-state index >= 15 is 0 Å². The molecule has 0 spiro atoms. The van der Waals surface area contributed by atoms with E-state index in [1.807, 2.05) is 0 Å². The average molecular weight is 322 g/mol. The summed E-state index contributed by atoms with van der Waals surface area (Å²) in [5.74, 6) is -1.50. The SMILES string of the molecule is C[C@@]1(O)CC(=O)c2c(ccc3c2C(=O)c2cccc(O)c2C3=O)C1. The molecule has 5 nitrogen and oxygen atoms in total. The molecule has 120 valence electrons. The summed E-state index contributed by atoms with van der Waals surface area (Å²) in [6.07, 6.45) is 0.153. The average Bonchev–Trinajstić information content (AvgIpc) is 2.50. The maximum Gasteiger partial charge on any atom is 0.198 e. The molecule has 5 heteroatoms. The zero-order valence-corrected chi connectivity index (χ0v) is 12.9. The van der Waals surface area contributed by atoms with Crippen LogP contribution in [0.5, 0.6) is 5.75 Å². The van der Waals surface area contributed by atoms with E-state index in [-0.39, 0.29) is 52.2 Å². The quantitative estimate of drug-likeness (QED) is 0.661. The lowest BCUT2D eigenvalue weighted by Gasteiger charge is -2.31. The number of carbonyl (C=O) groups is 3. The maximum atomic E-state index is 12.9. The molecule has 1 atom stereocenters. The molecule has 2 aromatic rings. The number of phenolic OH excluding ortho intramolecular Hbond substituents is 1. The van der Waals surface area contributed by atoms with E-state index in [0.29, 0.717) is 5.56 Å². The van der Waals surface area contributed by atoms with Gasteiger partial charge in [-0.05, 0) is 24.6 Å². The molecule has 0 radical (unpaired) electrons. The number of fused-ring (bicyclic) bond motifs is 4. The number of aliphatic hydroxyl groups is 1. The summed E-state index contributed by atoms with van der Waals surface area (Å²) in [6, 6.07) is 7.43. The van der Waals surface area contributed by atoms with Crippen molar-refractivity contribution in [2.45, 2.75) is 25.4 Å². The van der Waals surface area contributed by atoms with E-state index in [2.05, 4.69) is 0 Å².